The first-order chi connectivity index (χ1) is 13.4. The molecule has 1 fully saturated rings. The maximum atomic E-state index is 13.6. The SMILES string of the molecule is COCCN1C(=O)c2c(cccc2C(F)(F)F)C2CN(C(=O)OC(C)(C)C)CC21. The summed E-state index contributed by atoms with van der Waals surface area (Å²) in [5.41, 5.74) is -1.65. The zero-order valence-electron chi connectivity index (χ0n) is 16.9. The molecule has 0 spiro atoms. The van der Waals surface area contributed by atoms with Crippen LogP contribution in [0, 0.1) is 0 Å². The number of nitrogens with zero attached hydrogens (tertiary/aromatic N) is 2. The summed E-state index contributed by atoms with van der Waals surface area (Å²) in [5.74, 6) is -1.10. The number of carbonyl (C=O) groups excluding carboxylic acids is 2. The molecule has 0 N–H and O–H groups in total. The van der Waals surface area contributed by atoms with Crippen molar-refractivity contribution in [2.75, 3.05) is 33.4 Å². The van der Waals surface area contributed by atoms with E-state index in [-0.39, 0.29) is 31.8 Å². The fourth-order valence-corrected chi connectivity index (χ4v) is 3.99. The lowest BCUT2D eigenvalue weighted by Gasteiger charge is -2.38. The van der Waals surface area contributed by atoms with Crippen molar-refractivity contribution in [2.45, 2.75) is 44.5 Å². The number of fused-ring (bicyclic) bond motifs is 3. The lowest BCUT2D eigenvalue weighted by molar-refractivity contribution is -0.138. The molecule has 160 valence electrons. The molecule has 1 aromatic carbocycles. The normalized spacial score (nSPS) is 21.8. The van der Waals surface area contributed by atoms with Gasteiger partial charge in [0.15, 0.2) is 0 Å². The van der Waals surface area contributed by atoms with Gasteiger partial charge in [-0.1, -0.05) is 12.1 Å². The Hall–Kier alpha value is -2.29. The number of amides is 2. The molecule has 2 aliphatic rings. The minimum absolute atomic E-state index is 0.143. The molecule has 0 bridgehead atoms. The second kappa shape index (κ2) is 7.51. The predicted molar refractivity (Wildman–Crippen MR) is 98.7 cm³/mol. The largest absolute Gasteiger partial charge is 0.444 e. The average molecular weight is 414 g/mol. The van der Waals surface area contributed by atoms with Crippen LogP contribution >= 0.6 is 0 Å². The van der Waals surface area contributed by atoms with Gasteiger partial charge in [-0.25, -0.2) is 4.79 Å². The van der Waals surface area contributed by atoms with E-state index < -0.39 is 41.3 Å². The minimum atomic E-state index is -4.65. The quantitative estimate of drug-likeness (QED) is 0.760. The van der Waals surface area contributed by atoms with Gasteiger partial charge < -0.3 is 19.3 Å². The second-order valence-corrected chi connectivity index (χ2v) is 8.32. The highest BCUT2D eigenvalue weighted by atomic mass is 19.4. The number of carbonyl (C=O) groups is 2. The van der Waals surface area contributed by atoms with Crippen LogP contribution in [0.25, 0.3) is 0 Å². The summed E-state index contributed by atoms with van der Waals surface area (Å²) in [5, 5.41) is 0. The Morgan fingerprint density at radius 3 is 2.48 bits per heavy atom. The molecule has 1 saturated heterocycles. The van der Waals surface area contributed by atoms with Crippen molar-refractivity contribution in [2.24, 2.45) is 0 Å². The molecule has 2 atom stereocenters. The fraction of sp³-hybridized carbons (Fsp3) is 0.600. The summed E-state index contributed by atoms with van der Waals surface area (Å²) in [6.45, 7) is 5.94. The van der Waals surface area contributed by atoms with E-state index in [1.165, 1.54) is 23.0 Å². The van der Waals surface area contributed by atoms with Crippen LogP contribution in [0.2, 0.25) is 0 Å². The van der Waals surface area contributed by atoms with Crippen LogP contribution in [-0.4, -0.2) is 66.8 Å². The van der Waals surface area contributed by atoms with Gasteiger partial charge >= 0.3 is 12.3 Å². The van der Waals surface area contributed by atoms with Gasteiger partial charge in [-0.2, -0.15) is 13.2 Å². The molecule has 3 rings (SSSR count). The van der Waals surface area contributed by atoms with Crippen molar-refractivity contribution in [1.82, 2.24) is 9.80 Å². The molecule has 2 amide bonds. The number of hydrogen-bond donors (Lipinski definition) is 0. The van der Waals surface area contributed by atoms with E-state index >= 15 is 0 Å². The summed E-state index contributed by atoms with van der Waals surface area (Å²) >= 11 is 0. The highest BCUT2D eigenvalue weighted by Crippen LogP contribution is 2.43. The Kier molecular flexibility index (Phi) is 5.55. The minimum Gasteiger partial charge on any atom is -0.444 e. The Balaban J connectivity index is 2.01. The third kappa shape index (κ3) is 4.19. The van der Waals surface area contributed by atoms with E-state index in [1.54, 1.807) is 26.8 Å². The van der Waals surface area contributed by atoms with Gasteiger partial charge in [0, 0.05) is 32.7 Å². The maximum absolute atomic E-state index is 13.6. The number of alkyl halides is 3. The van der Waals surface area contributed by atoms with Gasteiger partial charge in [0.2, 0.25) is 0 Å². The standard InChI is InChI=1S/C20H25F3N2O4/c1-19(2,3)29-18(27)24-10-13-12-6-5-7-14(20(21,22)23)16(12)17(26)25(8-9-28-4)15(13)11-24/h5-7,13,15H,8-11H2,1-4H3. The Bertz CT molecular complexity index is 804. The number of likely N-dealkylation sites (tertiary alicyclic amines) is 1. The molecule has 1 aromatic rings. The van der Waals surface area contributed by atoms with E-state index in [2.05, 4.69) is 0 Å². The van der Waals surface area contributed by atoms with Crippen molar-refractivity contribution in [3.63, 3.8) is 0 Å². The topological polar surface area (TPSA) is 59.1 Å². The molecular formula is C20H25F3N2O4. The zero-order chi connectivity index (χ0) is 21.6. The van der Waals surface area contributed by atoms with Crippen LogP contribution in [0.15, 0.2) is 18.2 Å². The van der Waals surface area contributed by atoms with Gasteiger partial charge in [0.1, 0.15) is 5.60 Å². The number of ether oxygens (including phenoxy) is 2. The van der Waals surface area contributed by atoms with E-state index in [9.17, 15) is 22.8 Å². The van der Waals surface area contributed by atoms with Crippen molar-refractivity contribution < 1.29 is 32.2 Å². The van der Waals surface area contributed by atoms with Crippen LogP contribution < -0.4 is 0 Å². The molecule has 2 aliphatic heterocycles. The molecule has 2 unspecified atom stereocenters. The van der Waals surface area contributed by atoms with E-state index in [0.29, 0.717) is 5.56 Å². The third-order valence-corrected chi connectivity index (χ3v) is 5.15. The monoisotopic (exact) mass is 414 g/mol. The molecule has 0 saturated carbocycles. The van der Waals surface area contributed by atoms with Crippen molar-refractivity contribution in [3.8, 4) is 0 Å². The summed E-state index contributed by atoms with van der Waals surface area (Å²) in [6, 6.07) is 3.35. The number of benzene rings is 1. The smallest absolute Gasteiger partial charge is 0.417 e. The number of methoxy groups -OCH3 is 1. The summed E-state index contributed by atoms with van der Waals surface area (Å²) in [7, 11) is 1.46. The Morgan fingerprint density at radius 1 is 1.21 bits per heavy atom. The van der Waals surface area contributed by atoms with E-state index in [0.717, 1.165) is 6.07 Å². The van der Waals surface area contributed by atoms with Crippen LogP contribution in [0.4, 0.5) is 18.0 Å². The molecule has 0 radical (unpaired) electrons. The third-order valence-electron chi connectivity index (χ3n) is 5.15. The fourth-order valence-electron chi connectivity index (χ4n) is 3.99. The predicted octanol–water partition coefficient (Wildman–Crippen LogP) is 3.51. The number of halogens is 3. The van der Waals surface area contributed by atoms with Gasteiger partial charge in [0.05, 0.1) is 23.8 Å². The molecule has 9 heteroatoms. The van der Waals surface area contributed by atoms with Gasteiger partial charge in [-0.15, -0.1) is 0 Å². The van der Waals surface area contributed by atoms with Gasteiger partial charge in [0.25, 0.3) is 5.91 Å². The van der Waals surface area contributed by atoms with E-state index in [4.69, 9.17) is 9.47 Å². The van der Waals surface area contributed by atoms with Gasteiger partial charge in [-0.3, -0.25) is 4.79 Å². The summed E-state index contributed by atoms with van der Waals surface area (Å²) < 4.78 is 51.2. The number of rotatable bonds is 3. The van der Waals surface area contributed by atoms with Crippen LogP contribution in [0.3, 0.4) is 0 Å². The summed E-state index contributed by atoms with van der Waals surface area (Å²) in [6.07, 6.45) is -5.19. The average Bonchev–Trinajstić information content (AvgIpc) is 3.04. The molecule has 0 aliphatic carbocycles. The van der Waals surface area contributed by atoms with Crippen LogP contribution in [0.5, 0.6) is 0 Å². The van der Waals surface area contributed by atoms with Crippen LogP contribution in [0.1, 0.15) is 48.2 Å². The maximum Gasteiger partial charge on any atom is 0.417 e. The Labute approximate surface area is 167 Å². The molecule has 0 aromatic heterocycles. The zero-order valence-corrected chi connectivity index (χ0v) is 16.9. The lowest BCUT2D eigenvalue weighted by atomic mass is 9.82. The first-order valence-electron chi connectivity index (χ1n) is 9.42. The van der Waals surface area contributed by atoms with Crippen molar-refractivity contribution in [3.05, 3.63) is 34.9 Å². The first-order valence-corrected chi connectivity index (χ1v) is 9.42. The summed E-state index contributed by atoms with van der Waals surface area (Å²) in [4.78, 5) is 28.5. The first kappa shape index (κ1) is 21.4. The lowest BCUT2D eigenvalue weighted by Crippen LogP contribution is -2.50. The highest BCUT2D eigenvalue weighted by Gasteiger charge is 2.50. The second-order valence-electron chi connectivity index (χ2n) is 8.32. The van der Waals surface area contributed by atoms with Gasteiger partial charge in [-0.05, 0) is 32.4 Å². The van der Waals surface area contributed by atoms with Crippen molar-refractivity contribution >= 4 is 12.0 Å². The number of hydrogen-bond acceptors (Lipinski definition) is 4. The molecule has 2 heterocycles. The molecule has 6 nitrogen and oxygen atoms in total. The van der Waals surface area contributed by atoms with Crippen molar-refractivity contribution in [1.29, 1.82) is 0 Å². The highest BCUT2D eigenvalue weighted by molar-refractivity contribution is 5.99. The Morgan fingerprint density at radius 2 is 1.90 bits per heavy atom. The molecular weight excluding hydrogens is 389 g/mol. The van der Waals surface area contributed by atoms with E-state index in [1.807, 2.05) is 0 Å². The molecule has 29 heavy (non-hydrogen) atoms. The van der Waals surface area contributed by atoms with Crippen LogP contribution in [-0.2, 0) is 15.7 Å².